The van der Waals surface area contributed by atoms with E-state index in [1.807, 2.05) is 62.5 Å². The van der Waals surface area contributed by atoms with Gasteiger partial charge < -0.3 is 14.5 Å². The Balaban J connectivity index is 1.45. The van der Waals surface area contributed by atoms with Crippen LogP contribution < -0.4 is 9.47 Å². The fraction of sp³-hybridized carbons (Fsp3) is 0.200. The zero-order chi connectivity index (χ0) is 28.2. The minimum absolute atomic E-state index is 0.00559. The molecule has 40 heavy (non-hydrogen) atoms. The molecule has 1 amide bonds. The number of fused-ring (bicyclic) bond motifs is 1. The summed E-state index contributed by atoms with van der Waals surface area (Å²) >= 11 is 1.27. The van der Waals surface area contributed by atoms with E-state index in [4.69, 9.17) is 14.5 Å². The van der Waals surface area contributed by atoms with Gasteiger partial charge in [0, 0.05) is 35.8 Å². The molecular formula is C30H28N4O5S. The van der Waals surface area contributed by atoms with Gasteiger partial charge in [0.25, 0.3) is 11.6 Å². The highest BCUT2D eigenvalue weighted by molar-refractivity contribution is 8.18. The molecule has 1 aliphatic rings. The lowest BCUT2D eigenvalue weighted by molar-refractivity contribution is -0.384. The maximum atomic E-state index is 13.6. The number of H-pyrrole nitrogens is 1. The van der Waals surface area contributed by atoms with Gasteiger partial charge >= 0.3 is 0 Å². The minimum atomic E-state index is -0.454. The number of aromatic nitrogens is 1. The fourth-order valence-electron chi connectivity index (χ4n) is 4.40. The number of benzene rings is 3. The van der Waals surface area contributed by atoms with Gasteiger partial charge in [-0.25, -0.2) is 4.99 Å². The number of rotatable bonds is 9. The average Bonchev–Trinajstić information content (AvgIpc) is 3.48. The number of ether oxygens (including phenoxy) is 2. The molecule has 1 fully saturated rings. The lowest BCUT2D eigenvalue weighted by Crippen LogP contribution is -2.31. The van der Waals surface area contributed by atoms with Crippen molar-refractivity contribution in [2.45, 2.75) is 26.4 Å². The number of carbonyl (C=O) groups excluding carboxylic acids is 1. The van der Waals surface area contributed by atoms with Crippen molar-refractivity contribution >= 4 is 51.2 Å². The summed E-state index contributed by atoms with van der Waals surface area (Å²) in [6, 6.07) is 19.5. The molecule has 204 valence electrons. The van der Waals surface area contributed by atoms with Crippen molar-refractivity contribution in [2.24, 2.45) is 4.99 Å². The van der Waals surface area contributed by atoms with Crippen molar-refractivity contribution in [3.8, 4) is 11.5 Å². The number of thioether (sulfide) groups is 1. The molecule has 0 saturated carbocycles. The molecular weight excluding hydrogens is 528 g/mol. The third kappa shape index (κ3) is 5.86. The Morgan fingerprint density at radius 3 is 2.60 bits per heavy atom. The van der Waals surface area contributed by atoms with Crippen LogP contribution in [0.5, 0.6) is 11.5 Å². The van der Waals surface area contributed by atoms with Crippen LogP contribution in [-0.4, -0.2) is 45.6 Å². The quantitative estimate of drug-likeness (QED) is 0.139. The van der Waals surface area contributed by atoms with Crippen LogP contribution in [0.15, 0.2) is 82.8 Å². The maximum Gasteiger partial charge on any atom is 0.269 e. The maximum absolute atomic E-state index is 13.6. The molecule has 10 heteroatoms. The summed E-state index contributed by atoms with van der Waals surface area (Å²) < 4.78 is 11.3. The Labute approximate surface area is 235 Å². The number of aliphatic imine (C=N–C) groups is 1. The van der Waals surface area contributed by atoms with Gasteiger partial charge in [0.15, 0.2) is 16.7 Å². The molecule has 0 unspecified atom stereocenters. The van der Waals surface area contributed by atoms with Crippen molar-refractivity contribution in [3.63, 3.8) is 0 Å². The Morgan fingerprint density at radius 1 is 1.10 bits per heavy atom. The van der Waals surface area contributed by atoms with Crippen molar-refractivity contribution in [1.29, 1.82) is 0 Å². The number of hydrogen-bond acceptors (Lipinski definition) is 7. The molecule has 0 atom stereocenters. The second-order valence-electron chi connectivity index (χ2n) is 9.42. The number of carbonyl (C=O) groups is 1. The Morgan fingerprint density at radius 2 is 1.88 bits per heavy atom. The molecule has 9 nitrogen and oxygen atoms in total. The molecule has 1 N–H and O–H groups in total. The average molecular weight is 557 g/mol. The number of non-ortho nitro benzene ring substituents is 1. The SMILES string of the molecule is COc1cc(/C=C2\SC(=Nc3ccc([N+](=O)[O-])cc3)N(CCc3c[nH]c4ccccc34)C2=O)ccc1OC(C)C. The molecule has 0 spiro atoms. The van der Waals surface area contributed by atoms with Gasteiger partial charge in [-0.15, -0.1) is 0 Å². The highest BCUT2D eigenvalue weighted by Crippen LogP contribution is 2.36. The first kappa shape index (κ1) is 27.0. The van der Waals surface area contributed by atoms with Gasteiger partial charge in [-0.1, -0.05) is 24.3 Å². The van der Waals surface area contributed by atoms with Crippen LogP contribution in [0.1, 0.15) is 25.0 Å². The number of amides is 1. The molecule has 3 aromatic carbocycles. The molecule has 0 aliphatic carbocycles. The number of nitrogens with zero attached hydrogens (tertiary/aromatic N) is 3. The lowest BCUT2D eigenvalue weighted by Gasteiger charge is -2.15. The number of aromatic amines is 1. The number of hydrogen-bond donors (Lipinski definition) is 1. The standard InChI is InChI=1S/C30H28N4O5S/c1-19(2)39-26-13-8-20(16-27(26)38-3)17-28-29(35)33(15-14-21-18-31-25-7-5-4-6-24(21)25)30(40-28)32-22-9-11-23(12-10-22)34(36)37/h4-13,16-19,31H,14-15H2,1-3H3/b28-17-,32-30?. The van der Waals surface area contributed by atoms with E-state index in [0.717, 1.165) is 22.0 Å². The predicted octanol–water partition coefficient (Wildman–Crippen LogP) is 6.72. The van der Waals surface area contributed by atoms with E-state index in [9.17, 15) is 14.9 Å². The summed E-state index contributed by atoms with van der Waals surface area (Å²) in [5.74, 6) is 1.05. The van der Waals surface area contributed by atoms with E-state index in [-0.39, 0.29) is 17.7 Å². The van der Waals surface area contributed by atoms with E-state index in [1.165, 1.54) is 23.9 Å². The van der Waals surface area contributed by atoms with Crippen molar-refractivity contribution in [2.75, 3.05) is 13.7 Å². The van der Waals surface area contributed by atoms with Crippen LogP contribution in [0.4, 0.5) is 11.4 Å². The van der Waals surface area contributed by atoms with Crippen molar-refractivity contribution in [3.05, 3.63) is 99.1 Å². The third-order valence-electron chi connectivity index (χ3n) is 6.30. The van der Waals surface area contributed by atoms with Crippen LogP contribution in [-0.2, 0) is 11.2 Å². The highest BCUT2D eigenvalue weighted by atomic mass is 32.2. The van der Waals surface area contributed by atoms with Gasteiger partial charge in [-0.05, 0) is 79.6 Å². The zero-order valence-electron chi connectivity index (χ0n) is 22.3. The molecule has 5 rings (SSSR count). The number of nitro groups is 1. The van der Waals surface area contributed by atoms with Gasteiger partial charge in [-0.3, -0.25) is 19.8 Å². The van der Waals surface area contributed by atoms with Crippen LogP contribution in [0.3, 0.4) is 0 Å². The summed E-state index contributed by atoms with van der Waals surface area (Å²) in [7, 11) is 1.58. The van der Waals surface area contributed by atoms with Crippen LogP contribution in [0.2, 0.25) is 0 Å². The number of nitrogens with one attached hydrogen (secondary N) is 1. The first-order valence-corrected chi connectivity index (χ1v) is 13.6. The fourth-order valence-corrected chi connectivity index (χ4v) is 5.42. The number of methoxy groups -OCH3 is 1. The van der Waals surface area contributed by atoms with Crippen molar-refractivity contribution in [1.82, 2.24) is 9.88 Å². The summed E-state index contributed by atoms with van der Waals surface area (Å²) in [6.45, 7) is 4.31. The van der Waals surface area contributed by atoms with Gasteiger partial charge in [-0.2, -0.15) is 0 Å². The molecule has 1 aliphatic heterocycles. The molecule has 0 radical (unpaired) electrons. The number of nitro benzene ring substituents is 1. The zero-order valence-corrected chi connectivity index (χ0v) is 23.1. The topological polar surface area (TPSA) is 110 Å². The second kappa shape index (κ2) is 11.7. The highest BCUT2D eigenvalue weighted by Gasteiger charge is 2.33. The summed E-state index contributed by atoms with van der Waals surface area (Å²) in [6.07, 6.45) is 4.40. The second-order valence-corrected chi connectivity index (χ2v) is 10.4. The molecule has 2 heterocycles. The first-order valence-electron chi connectivity index (χ1n) is 12.8. The van der Waals surface area contributed by atoms with E-state index in [1.54, 1.807) is 24.1 Å². The monoisotopic (exact) mass is 556 g/mol. The summed E-state index contributed by atoms with van der Waals surface area (Å²) in [5.41, 5.74) is 3.44. The van der Waals surface area contributed by atoms with Gasteiger partial charge in [0.05, 0.1) is 28.7 Å². The Hall–Kier alpha value is -4.57. The first-order chi connectivity index (χ1) is 19.3. The lowest BCUT2D eigenvalue weighted by atomic mass is 10.1. The Bertz CT molecular complexity index is 1620. The number of amidine groups is 1. The van der Waals surface area contributed by atoms with Crippen LogP contribution in [0, 0.1) is 10.1 Å². The summed E-state index contributed by atoms with van der Waals surface area (Å²) in [4.78, 5) is 34.4. The van der Waals surface area contributed by atoms with Crippen LogP contribution in [0.25, 0.3) is 17.0 Å². The smallest absolute Gasteiger partial charge is 0.269 e. The largest absolute Gasteiger partial charge is 0.493 e. The van der Waals surface area contributed by atoms with Crippen LogP contribution >= 0.6 is 11.8 Å². The van der Waals surface area contributed by atoms with Crippen molar-refractivity contribution < 1.29 is 19.2 Å². The minimum Gasteiger partial charge on any atom is -0.493 e. The van der Waals surface area contributed by atoms with Gasteiger partial charge in [0.2, 0.25) is 0 Å². The van der Waals surface area contributed by atoms with E-state index >= 15 is 0 Å². The molecule has 0 bridgehead atoms. The molecule has 1 aromatic heterocycles. The predicted molar refractivity (Wildman–Crippen MR) is 158 cm³/mol. The Kier molecular flexibility index (Phi) is 7.88. The third-order valence-corrected chi connectivity index (χ3v) is 7.31. The van der Waals surface area contributed by atoms with E-state index < -0.39 is 4.92 Å². The molecule has 1 saturated heterocycles. The summed E-state index contributed by atoms with van der Waals surface area (Å²) in [5, 5.41) is 12.7. The number of para-hydroxylation sites is 1. The van der Waals surface area contributed by atoms with E-state index in [2.05, 4.69) is 11.1 Å². The molecule has 4 aromatic rings. The van der Waals surface area contributed by atoms with Gasteiger partial charge in [0.1, 0.15) is 0 Å². The normalized spacial score (nSPS) is 15.5. The van der Waals surface area contributed by atoms with E-state index in [0.29, 0.717) is 40.2 Å².